The van der Waals surface area contributed by atoms with E-state index in [1.807, 2.05) is 23.6 Å². The first-order valence-electron chi connectivity index (χ1n) is 7.45. The van der Waals surface area contributed by atoms with Crippen LogP contribution in [-0.2, 0) is 12.3 Å². The Morgan fingerprint density at radius 2 is 2.04 bits per heavy atom. The lowest BCUT2D eigenvalue weighted by Crippen LogP contribution is -1.99. The quantitative estimate of drug-likeness (QED) is 0.367. The van der Waals surface area contributed by atoms with Crippen LogP contribution in [0.1, 0.15) is 17.4 Å². The fourth-order valence-corrected chi connectivity index (χ4v) is 4.23. The topological polar surface area (TPSA) is 73.8 Å². The Bertz CT molecular complexity index is 873. The number of thiophene rings is 1. The average molecular weight is 360 g/mol. The molecule has 0 saturated carbocycles. The summed E-state index contributed by atoms with van der Waals surface area (Å²) < 4.78 is 2.05. The van der Waals surface area contributed by atoms with Gasteiger partial charge in [0.05, 0.1) is 9.80 Å². The maximum Gasteiger partial charge on any atom is 0.273 e. The lowest BCUT2D eigenvalue weighted by atomic mass is 10.2. The standard InChI is InChI=1S/C16H16N4O2S2/c1-3-19-15(14-9-8-11(2)24-14)17-18-16(19)23-10-12-6-4-5-7-13(12)20(21)22/h4-9H,3,10H2,1-2H3. The molecule has 0 saturated heterocycles. The molecule has 0 radical (unpaired) electrons. The molecule has 0 spiro atoms. The van der Waals surface area contributed by atoms with Gasteiger partial charge in [0.25, 0.3) is 5.69 Å². The number of hydrogen-bond acceptors (Lipinski definition) is 6. The number of nitro benzene ring substituents is 1. The van der Waals surface area contributed by atoms with Gasteiger partial charge in [0.2, 0.25) is 0 Å². The van der Waals surface area contributed by atoms with E-state index in [9.17, 15) is 10.1 Å². The van der Waals surface area contributed by atoms with Crippen molar-refractivity contribution in [3.05, 3.63) is 57.0 Å². The van der Waals surface area contributed by atoms with Crippen molar-refractivity contribution in [3.8, 4) is 10.7 Å². The summed E-state index contributed by atoms with van der Waals surface area (Å²) in [6.45, 7) is 4.85. The smallest absolute Gasteiger partial charge is 0.273 e. The molecular formula is C16H16N4O2S2. The van der Waals surface area contributed by atoms with Crippen LogP contribution in [0.25, 0.3) is 10.7 Å². The van der Waals surface area contributed by atoms with Gasteiger partial charge in [0.15, 0.2) is 11.0 Å². The fourth-order valence-electron chi connectivity index (χ4n) is 2.37. The lowest BCUT2D eigenvalue weighted by Gasteiger charge is -2.06. The molecular weight excluding hydrogens is 344 g/mol. The number of nitrogens with zero attached hydrogens (tertiary/aromatic N) is 4. The van der Waals surface area contributed by atoms with Crippen molar-refractivity contribution >= 4 is 28.8 Å². The SMILES string of the molecule is CCn1c(SCc2ccccc2[N+](=O)[O-])nnc1-c1ccc(C)s1. The minimum Gasteiger partial charge on any atom is -0.302 e. The summed E-state index contributed by atoms with van der Waals surface area (Å²) in [5, 5.41) is 20.5. The molecule has 8 heteroatoms. The van der Waals surface area contributed by atoms with Crippen LogP contribution in [0, 0.1) is 17.0 Å². The highest BCUT2D eigenvalue weighted by Gasteiger charge is 2.17. The zero-order chi connectivity index (χ0) is 17.1. The Hall–Kier alpha value is -2.19. The molecule has 2 heterocycles. The van der Waals surface area contributed by atoms with E-state index in [1.165, 1.54) is 22.7 Å². The molecule has 3 aromatic rings. The van der Waals surface area contributed by atoms with Gasteiger partial charge in [-0.2, -0.15) is 0 Å². The van der Waals surface area contributed by atoms with Gasteiger partial charge in [-0.3, -0.25) is 10.1 Å². The Kier molecular flexibility index (Phi) is 4.96. The summed E-state index contributed by atoms with van der Waals surface area (Å²) in [7, 11) is 0. The van der Waals surface area contributed by atoms with Crippen LogP contribution in [0.4, 0.5) is 5.69 Å². The zero-order valence-electron chi connectivity index (χ0n) is 13.3. The van der Waals surface area contributed by atoms with E-state index in [0.717, 1.165) is 22.4 Å². The highest BCUT2D eigenvalue weighted by Crippen LogP contribution is 2.31. The second kappa shape index (κ2) is 7.14. The van der Waals surface area contributed by atoms with Gasteiger partial charge in [-0.1, -0.05) is 30.0 Å². The predicted molar refractivity (Wildman–Crippen MR) is 96.4 cm³/mol. The van der Waals surface area contributed by atoms with Crippen molar-refractivity contribution in [1.82, 2.24) is 14.8 Å². The van der Waals surface area contributed by atoms with Gasteiger partial charge in [-0.05, 0) is 26.0 Å². The highest BCUT2D eigenvalue weighted by atomic mass is 32.2. The van der Waals surface area contributed by atoms with Gasteiger partial charge < -0.3 is 4.57 Å². The summed E-state index contributed by atoms with van der Waals surface area (Å²) >= 11 is 3.15. The maximum atomic E-state index is 11.1. The van der Waals surface area contributed by atoms with Crippen molar-refractivity contribution in [2.24, 2.45) is 0 Å². The Balaban J connectivity index is 1.84. The Morgan fingerprint density at radius 3 is 2.71 bits per heavy atom. The predicted octanol–water partition coefficient (Wildman–Crippen LogP) is 4.54. The van der Waals surface area contributed by atoms with Gasteiger partial charge in [0.1, 0.15) is 0 Å². The molecule has 1 aromatic carbocycles. The van der Waals surface area contributed by atoms with E-state index in [4.69, 9.17) is 0 Å². The van der Waals surface area contributed by atoms with E-state index in [1.54, 1.807) is 23.5 Å². The molecule has 0 aliphatic heterocycles. The number of rotatable bonds is 6. The number of hydrogen-bond donors (Lipinski definition) is 0. The number of benzene rings is 1. The van der Waals surface area contributed by atoms with Crippen LogP contribution >= 0.6 is 23.1 Å². The van der Waals surface area contributed by atoms with Crippen LogP contribution in [-0.4, -0.2) is 19.7 Å². The summed E-state index contributed by atoms with van der Waals surface area (Å²) in [5.41, 5.74) is 0.827. The van der Waals surface area contributed by atoms with Crippen LogP contribution in [0.3, 0.4) is 0 Å². The van der Waals surface area contributed by atoms with Gasteiger partial charge in [0, 0.05) is 28.8 Å². The third-order valence-electron chi connectivity index (χ3n) is 3.54. The van der Waals surface area contributed by atoms with Crippen molar-refractivity contribution in [2.75, 3.05) is 0 Å². The summed E-state index contributed by atoms with van der Waals surface area (Å²) in [4.78, 5) is 13.1. The van der Waals surface area contributed by atoms with Crippen molar-refractivity contribution < 1.29 is 4.92 Å². The van der Waals surface area contributed by atoms with Crippen molar-refractivity contribution in [1.29, 1.82) is 0 Å². The maximum absolute atomic E-state index is 11.1. The number of thioether (sulfide) groups is 1. The molecule has 24 heavy (non-hydrogen) atoms. The van der Waals surface area contributed by atoms with Gasteiger partial charge in [-0.25, -0.2) is 0 Å². The minimum absolute atomic E-state index is 0.140. The number of nitro groups is 1. The monoisotopic (exact) mass is 360 g/mol. The second-order valence-corrected chi connectivity index (χ2v) is 7.37. The summed E-state index contributed by atoms with van der Waals surface area (Å²) in [6, 6.07) is 10.9. The van der Waals surface area contributed by atoms with E-state index in [2.05, 4.69) is 23.2 Å². The highest BCUT2D eigenvalue weighted by molar-refractivity contribution is 7.98. The normalized spacial score (nSPS) is 10.9. The van der Waals surface area contributed by atoms with E-state index >= 15 is 0 Å². The molecule has 0 unspecified atom stereocenters. The molecule has 0 bridgehead atoms. The first kappa shape index (κ1) is 16.7. The number of aromatic nitrogens is 3. The zero-order valence-corrected chi connectivity index (χ0v) is 14.9. The first-order chi connectivity index (χ1) is 11.6. The molecule has 3 rings (SSSR count). The molecule has 2 aromatic heterocycles. The van der Waals surface area contributed by atoms with E-state index in [-0.39, 0.29) is 10.6 Å². The molecule has 0 amide bonds. The molecule has 0 aliphatic carbocycles. The summed E-state index contributed by atoms with van der Waals surface area (Å²) in [5.74, 6) is 1.33. The van der Waals surface area contributed by atoms with Crippen LogP contribution in [0.15, 0.2) is 41.6 Å². The van der Waals surface area contributed by atoms with Crippen LogP contribution < -0.4 is 0 Å². The second-order valence-electron chi connectivity index (χ2n) is 5.14. The molecule has 0 atom stereocenters. The van der Waals surface area contributed by atoms with Crippen molar-refractivity contribution in [2.45, 2.75) is 31.3 Å². The van der Waals surface area contributed by atoms with Crippen LogP contribution in [0.2, 0.25) is 0 Å². The first-order valence-corrected chi connectivity index (χ1v) is 9.25. The average Bonchev–Trinajstić information content (AvgIpc) is 3.18. The number of aryl methyl sites for hydroxylation is 1. The molecule has 0 aliphatic rings. The lowest BCUT2D eigenvalue weighted by molar-refractivity contribution is -0.385. The molecule has 124 valence electrons. The molecule has 0 fully saturated rings. The minimum atomic E-state index is -0.347. The summed E-state index contributed by atoms with van der Waals surface area (Å²) in [6.07, 6.45) is 0. The molecule has 0 N–H and O–H groups in total. The number of para-hydroxylation sites is 1. The Labute approximate surface area is 147 Å². The fraction of sp³-hybridized carbons (Fsp3) is 0.250. The van der Waals surface area contributed by atoms with E-state index in [0.29, 0.717) is 11.3 Å². The third kappa shape index (κ3) is 3.34. The van der Waals surface area contributed by atoms with Gasteiger partial charge >= 0.3 is 0 Å². The largest absolute Gasteiger partial charge is 0.302 e. The van der Waals surface area contributed by atoms with Gasteiger partial charge in [-0.15, -0.1) is 21.5 Å². The van der Waals surface area contributed by atoms with Crippen molar-refractivity contribution in [3.63, 3.8) is 0 Å². The molecule has 6 nitrogen and oxygen atoms in total. The van der Waals surface area contributed by atoms with E-state index < -0.39 is 0 Å². The Morgan fingerprint density at radius 1 is 1.25 bits per heavy atom. The van der Waals surface area contributed by atoms with Crippen LogP contribution in [0.5, 0.6) is 0 Å². The third-order valence-corrected chi connectivity index (χ3v) is 5.55.